The predicted molar refractivity (Wildman–Crippen MR) is 81.0 cm³/mol. The number of anilines is 1. The van der Waals surface area contributed by atoms with E-state index in [1.54, 1.807) is 0 Å². The Morgan fingerprint density at radius 2 is 1.90 bits per heavy atom. The van der Waals surface area contributed by atoms with Gasteiger partial charge in [0.1, 0.15) is 0 Å². The van der Waals surface area contributed by atoms with Gasteiger partial charge < -0.3 is 15.1 Å². The molecule has 0 unspecified atom stereocenters. The summed E-state index contributed by atoms with van der Waals surface area (Å²) in [4.78, 5) is 16.7. The highest BCUT2D eigenvalue weighted by molar-refractivity contribution is 5.82. The van der Waals surface area contributed by atoms with Crippen molar-refractivity contribution >= 4 is 11.6 Å². The molecule has 0 aromatic heterocycles. The smallest absolute Gasteiger partial charge is 0.242 e. The number of benzene rings is 1. The molecule has 0 aliphatic carbocycles. The van der Waals surface area contributed by atoms with Gasteiger partial charge in [0.25, 0.3) is 0 Å². The first kappa shape index (κ1) is 13.4. The van der Waals surface area contributed by atoms with Crippen LogP contribution in [-0.2, 0) is 11.2 Å². The van der Waals surface area contributed by atoms with Crippen molar-refractivity contribution in [1.82, 2.24) is 10.2 Å². The van der Waals surface area contributed by atoms with Crippen LogP contribution >= 0.6 is 0 Å². The molecular weight excluding hydrogens is 250 g/mol. The molecule has 20 heavy (non-hydrogen) atoms. The van der Waals surface area contributed by atoms with Crippen molar-refractivity contribution in [1.29, 1.82) is 0 Å². The van der Waals surface area contributed by atoms with Gasteiger partial charge in [0.2, 0.25) is 5.91 Å². The third-order valence-corrected chi connectivity index (χ3v) is 4.25. The number of nitrogens with zero attached hydrogens (tertiary/aromatic N) is 2. The van der Waals surface area contributed by atoms with Crippen LogP contribution in [-0.4, -0.2) is 50.1 Å². The van der Waals surface area contributed by atoms with Gasteiger partial charge >= 0.3 is 0 Å². The second-order valence-corrected chi connectivity index (χ2v) is 5.64. The maximum Gasteiger partial charge on any atom is 0.242 e. The fourth-order valence-corrected chi connectivity index (χ4v) is 3.11. The Balaban J connectivity index is 1.71. The van der Waals surface area contributed by atoms with Crippen LogP contribution in [0.15, 0.2) is 24.3 Å². The second kappa shape index (κ2) is 6.27. The Morgan fingerprint density at radius 1 is 1.10 bits per heavy atom. The number of nitrogens with one attached hydrogen (secondary N) is 1. The fraction of sp³-hybridized carbons (Fsp3) is 0.562. The van der Waals surface area contributed by atoms with E-state index in [2.05, 4.69) is 34.5 Å². The molecule has 1 aromatic carbocycles. The number of rotatable bonds is 2. The molecule has 0 radical (unpaired) electrons. The van der Waals surface area contributed by atoms with E-state index < -0.39 is 0 Å². The highest BCUT2D eigenvalue weighted by Crippen LogP contribution is 2.25. The fourth-order valence-electron chi connectivity index (χ4n) is 3.11. The Bertz CT molecular complexity index is 469. The molecule has 1 saturated heterocycles. The van der Waals surface area contributed by atoms with Crippen molar-refractivity contribution in [3.8, 4) is 0 Å². The van der Waals surface area contributed by atoms with Gasteiger partial charge in [-0.05, 0) is 30.9 Å². The Labute approximate surface area is 120 Å². The number of piperazine rings is 1. The molecule has 1 N–H and O–H groups in total. The van der Waals surface area contributed by atoms with Gasteiger partial charge in [0.05, 0.1) is 6.54 Å². The maximum atomic E-state index is 12.4. The van der Waals surface area contributed by atoms with Crippen LogP contribution in [0.3, 0.4) is 0 Å². The zero-order valence-corrected chi connectivity index (χ0v) is 12.0. The molecule has 4 nitrogen and oxygen atoms in total. The van der Waals surface area contributed by atoms with Gasteiger partial charge in [-0.15, -0.1) is 0 Å². The lowest BCUT2D eigenvalue weighted by Crippen LogP contribution is -2.49. The normalized spacial score (nSPS) is 19.4. The third-order valence-electron chi connectivity index (χ3n) is 4.25. The molecule has 1 aromatic rings. The number of fused-ring (bicyclic) bond motifs is 1. The first-order valence-corrected chi connectivity index (χ1v) is 7.66. The van der Waals surface area contributed by atoms with Gasteiger partial charge in [-0.25, -0.2) is 0 Å². The Morgan fingerprint density at radius 3 is 2.75 bits per heavy atom. The number of hydrogen-bond donors (Lipinski definition) is 1. The van der Waals surface area contributed by atoms with E-state index in [0.717, 1.165) is 39.1 Å². The van der Waals surface area contributed by atoms with Crippen LogP contribution < -0.4 is 10.2 Å². The van der Waals surface area contributed by atoms with E-state index in [9.17, 15) is 4.79 Å². The van der Waals surface area contributed by atoms with Crippen molar-refractivity contribution in [3.63, 3.8) is 0 Å². The van der Waals surface area contributed by atoms with Crippen LogP contribution in [0, 0.1) is 0 Å². The summed E-state index contributed by atoms with van der Waals surface area (Å²) < 4.78 is 0. The SMILES string of the molecule is O=C(CN1CCCCc2ccccc21)N1CCNCC1. The quantitative estimate of drug-likeness (QED) is 0.881. The van der Waals surface area contributed by atoms with Crippen molar-refractivity contribution in [2.45, 2.75) is 19.3 Å². The molecule has 3 rings (SSSR count). The Kier molecular flexibility index (Phi) is 4.21. The summed E-state index contributed by atoms with van der Waals surface area (Å²) >= 11 is 0. The molecule has 0 atom stereocenters. The standard InChI is InChI=1S/C16H23N3O/c20-16(18-11-8-17-9-12-18)13-19-10-4-3-6-14-5-1-2-7-15(14)19/h1-2,5,7,17H,3-4,6,8-13H2. The van der Waals surface area contributed by atoms with E-state index in [4.69, 9.17) is 0 Å². The minimum atomic E-state index is 0.267. The molecule has 4 heteroatoms. The largest absolute Gasteiger partial charge is 0.362 e. The zero-order chi connectivity index (χ0) is 13.8. The summed E-state index contributed by atoms with van der Waals surface area (Å²) in [6.45, 7) is 5.04. The van der Waals surface area contributed by atoms with Crippen molar-refractivity contribution in [2.24, 2.45) is 0 Å². The van der Waals surface area contributed by atoms with Gasteiger partial charge in [-0.3, -0.25) is 4.79 Å². The first-order valence-electron chi connectivity index (χ1n) is 7.66. The second-order valence-electron chi connectivity index (χ2n) is 5.64. The van der Waals surface area contributed by atoms with Crippen LogP contribution in [0.25, 0.3) is 0 Å². The number of hydrogen-bond acceptors (Lipinski definition) is 3. The van der Waals surface area contributed by atoms with Crippen molar-refractivity contribution in [3.05, 3.63) is 29.8 Å². The van der Waals surface area contributed by atoms with E-state index in [1.165, 1.54) is 24.1 Å². The van der Waals surface area contributed by atoms with Crippen LogP contribution in [0.4, 0.5) is 5.69 Å². The van der Waals surface area contributed by atoms with Crippen LogP contribution in [0.5, 0.6) is 0 Å². The van der Waals surface area contributed by atoms with Crippen LogP contribution in [0.2, 0.25) is 0 Å². The molecule has 108 valence electrons. The highest BCUT2D eigenvalue weighted by Gasteiger charge is 2.21. The summed E-state index contributed by atoms with van der Waals surface area (Å²) in [6.07, 6.45) is 3.52. The molecule has 0 saturated carbocycles. The number of carbonyl (C=O) groups excluding carboxylic acids is 1. The lowest BCUT2D eigenvalue weighted by molar-refractivity contribution is -0.130. The summed E-state index contributed by atoms with van der Waals surface area (Å²) in [6, 6.07) is 8.53. The number of amides is 1. The lowest BCUT2D eigenvalue weighted by atomic mass is 10.1. The monoisotopic (exact) mass is 273 g/mol. The lowest BCUT2D eigenvalue weighted by Gasteiger charge is -2.31. The summed E-state index contributed by atoms with van der Waals surface area (Å²) in [5, 5.41) is 3.29. The van der Waals surface area contributed by atoms with E-state index in [-0.39, 0.29) is 5.91 Å². The van der Waals surface area contributed by atoms with E-state index >= 15 is 0 Å². The molecule has 0 bridgehead atoms. The molecule has 1 amide bonds. The summed E-state index contributed by atoms with van der Waals surface area (Å²) in [5.74, 6) is 0.267. The Hall–Kier alpha value is -1.55. The molecule has 2 aliphatic heterocycles. The number of aryl methyl sites for hydroxylation is 1. The molecular formula is C16H23N3O. The third kappa shape index (κ3) is 2.96. The van der Waals surface area contributed by atoms with Gasteiger partial charge in [-0.2, -0.15) is 0 Å². The van der Waals surface area contributed by atoms with Gasteiger partial charge in [-0.1, -0.05) is 18.2 Å². The maximum absolute atomic E-state index is 12.4. The summed E-state index contributed by atoms with van der Waals surface area (Å²) in [5.41, 5.74) is 2.64. The number of para-hydroxylation sites is 1. The van der Waals surface area contributed by atoms with Crippen LogP contribution in [0.1, 0.15) is 18.4 Å². The highest BCUT2D eigenvalue weighted by atomic mass is 16.2. The average Bonchev–Trinajstić information content (AvgIpc) is 2.71. The molecule has 2 aliphatic rings. The molecule has 1 fully saturated rings. The minimum absolute atomic E-state index is 0.267. The zero-order valence-electron chi connectivity index (χ0n) is 12.0. The van der Waals surface area contributed by atoms with Gasteiger partial charge in [0, 0.05) is 38.4 Å². The van der Waals surface area contributed by atoms with E-state index in [1.807, 2.05) is 4.90 Å². The summed E-state index contributed by atoms with van der Waals surface area (Å²) in [7, 11) is 0. The van der Waals surface area contributed by atoms with Gasteiger partial charge in [0.15, 0.2) is 0 Å². The predicted octanol–water partition coefficient (Wildman–Crippen LogP) is 1.26. The minimum Gasteiger partial charge on any atom is -0.362 e. The van der Waals surface area contributed by atoms with Crippen molar-refractivity contribution in [2.75, 3.05) is 44.2 Å². The van der Waals surface area contributed by atoms with E-state index in [0.29, 0.717) is 6.54 Å². The topological polar surface area (TPSA) is 35.6 Å². The molecule has 2 heterocycles. The molecule has 0 spiro atoms. The number of carbonyl (C=O) groups is 1. The van der Waals surface area contributed by atoms with Crippen molar-refractivity contribution < 1.29 is 4.79 Å². The average molecular weight is 273 g/mol. The first-order chi connectivity index (χ1) is 9.84.